The Morgan fingerprint density at radius 3 is 2.14 bits per heavy atom. The van der Waals surface area contributed by atoms with Gasteiger partial charge in [-0.1, -0.05) is 27.7 Å². The summed E-state index contributed by atoms with van der Waals surface area (Å²) in [5.74, 6) is 1.75. The van der Waals surface area contributed by atoms with Gasteiger partial charge in [0, 0.05) is 11.6 Å². The minimum absolute atomic E-state index is 0.0294. The Balaban J connectivity index is 1.42. The van der Waals surface area contributed by atoms with Gasteiger partial charge in [-0.15, -0.1) is 0 Å². The third-order valence-corrected chi connectivity index (χ3v) is 9.38. The van der Waals surface area contributed by atoms with E-state index in [0.29, 0.717) is 51.4 Å². The molecular weight excluding hydrogens is 360 g/mol. The van der Waals surface area contributed by atoms with E-state index in [2.05, 4.69) is 33.8 Å². The molecule has 2 aromatic heterocycles. The molecule has 7 aliphatic rings. The molecule has 0 N–H and O–H groups in total. The topological polar surface area (TPSA) is 59.9 Å². The molecule has 0 aliphatic heterocycles. The van der Waals surface area contributed by atoms with Crippen LogP contribution in [0.4, 0.5) is 0 Å². The first kappa shape index (κ1) is 16.4. The van der Waals surface area contributed by atoms with Gasteiger partial charge in [-0.25, -0.2) is 4.98 Å². The third-order valence-electron chi connectivity index (χ3n) is 9.38. The molecule has 0 radical (unpaired) electrons. The molecule has 2 aromatic rings. The number of hydrogen-bond acceptors (Lipinski definition) is 4. The molecule has 4 nitrogen and oxygen atoms in total. The highest BCUT2D eigenvalue weighted by molar-refractivity contribution is 6.21. The third kappa shape index (κ3) is 1.63. The second-order valence-electron chi connectivity index (χ2n) is 11.1. The lowest BCUT2D eigenvalue weighted by molar-refractivity contribution is 0.0169. The maximum Gasteiger partial charge on any atom is 0.197 e. The van der Waals surface area contributed by atoms with Crippen LogP contribution in [0, 0.1) is 22.7 Å². The summed E-state index contributed by atoms with van der Waals surface area (Å²) in [5, 5.41) is 0. The van der Waals surface area contributed by atoms with E-state index in [4.69, 9.17) is 9.97 Å². The van der Waals surface area contributed by atoms with Crippen molar-refractivity contribution in [3.63, 3.8) is 0 Å². The van der Waals surface area contributed by atoms with Gasteiger partial charge in [-0.3, -0.25) is 14.6 Å². The van der Waals surface area contributed by atoms with Gasteiger partial charge in [0.2, 0.25) is 0 Å². The average molecular weight is 384 g/mol. The van der Waals surface area contributed by atoms with Gasteiger partial charge in [-0.2, -0.15) is 0 Å². The van der Waals surface area contributed by atoms with E-state index in [1.165, 1.54) is 12.0 Å². The fourth-order valence-electron chi connectivity index (χ4n) is 7.06. The zero-order chi connectivity index (χ0) is 20.0. The first-order valence-electron chi connectivity index (χ1n) is 10.9. The lowest BCUT2D eigenvalue weighted by Crippen LogP contribution is -2.52. The Morgan fingerprint density at radius 2 is 1.45 bits per heavy atom. The summed E-state index contributed by atoms with van der Waals surface area (Å²) in [7, 11) is 0. The number of rotatable bonds is 0. The van der Waals surface area contributed by atoms with Gasteiger partial charge >= 0.3 is 0 Å². The lowest BCUT2D eigenvalue weighted by atomic mass is 9.47. The van der Waals surface area contributed by atoms with Gasteiger partial charge in [0.25, 0.3) is 0 Å². The molecule has 9 rings (SSSR count). The number of carbonyl (C=O) groups excluding carboxylic acids is 2. The summed E-state index contributed by atoms with van der Waals surface area (Å²) in [6.45, 7) is 9.01. The molecule has 4 atom stereocenters. The summed E-state index contributed by atoms with van der Waals surface area (Å²) in [5.41, 5.74) is 6.93. The molecule has 4 heteroatoms. The molecule has 2 heterocycles. The maximum atomic E-state index is 13.3. The van der Waals surface area contributed by atoms with Crippen LogP contribution in [0.2, 0.25) is 0 Å². The van der Waals surface area contributed by atoms with E-state index in [-0.39, 0.29) is 22.9 Å². The Labute approximate surface area is 170 Å². The van der Waals surface area contributed by atoms with Crippen molar-refractivity contribution in [1.29, 1.82) is 0 Å². The van der Waals surface area contributed by atoms with Crippen molar-refractivity contribution in [3.05, 3.63) is 45.8 Å². The second-order valence-corrected chi connectivity index (χ2v) is 11.1. The number of carbonyl (C=O) groups is 2. The molecule has 4 bridgehead atoms. The number of hydrogen-bond donors (Lipinski definition) is 0. The average Bonchev–Trinajstić information content (AvgIpc) is 2.95. The number of Topliss-reactive ketones (excluding diaryl/α,β-unsaturated/α-hetero) is 1. The van der Waals surface area contributed by atoms with Crippen LogP contribution in [0.15, 0.2) is 12.1 Å². The van der Waals surface area contributed by atoms with Crippen LogP contribution in [0.25, 0.3) is 11.4 Å². The maximum absolute atomic E-state index is 13.3. The van der Waals surface area contributed by atoms with Crippen LogP contribution in [0.3, 0.4) is 0 Å². The van der Waals surface area contributed by atoms with E-state index >= 15 is 0 Å². The van der Waals surface area contributed by atoms with E-state index in [9.17, 15) is 9.59 Å². The Bertz CT molecular complexity index is 1210. The first-order valence-corrected chi connectivity index (χ1v) is 10.9. The van der Waals surface area contributed by atoms with Crippen molar-refractivity contribution >= 4 is 11.6 Å². The highest BCUT2D eigenvalue weighted by atomic mass is 16.1. The molecule has 0 amide bonds. The first-order chi connectivity index (χ1) is 13.7. The largest absolute Gasteiger partial charge is 0.292 e. The molecule has 0 aromatic carbocycles. The van der Waals surface area contributed by atoms with Crippen LogP contribution < -0.4 is 0 Å². The molecule has 146 valence electrons. The summed E-state index contributed by atoms with van der Waals surface area (Å²) in [4.78, 5) is 36.1. The fourth-order valence-corrected chi connectivity index (χ4v) is 7.06. The summed E-state index contributed by atoms with van der Waals surface area (Å²) in [6.07, 6.45) is 3.09. The van der Waals surface area contributed by atoms with Crippen molar-refractivity contribution in [1.82, 2.24) is 9.97 Å². The van der Waals surface area contributed by atoms with Gasteiger partial charge in [0.15, 0.2) is 11.6 Å². The molecule has 2 saturated carbocycles. The highest BCUT2D eigenvalue weighted by Crippen LogP contribution is 2.63. The van der Waals surface area contributed by atoms with E-state index < -0.39 is 0 Å². The van der Waals surface area contributed by atoms with Gasteiger partial charge < -0.3 is 0 Å². The zero-order valence-electron chi connectivity index (χ0n) is 17.3. The summed E-state index contributed by atoms with van der Waals surface area (Å²) < 4.78 is 0. The molecule has 0 saturated heterocycles. The second kappa shape index (κ2) is 4.53. The number of nitrogens with zero attached hydrogens (tertiary/aromatic N) is 2. The van der Waals surface area contributed by atoms with E-state index in [0.717, 1.165) is 24.1 Å². The highest BCUT2D eigenvalue weighted by Gasteiger charge is 2.58. The lowest BCUT2D eigenvalue weighted by Gasteiger charge is -2.56. The Kier molecular flexibility index (Phi) is 2.57. The fraction of sp³-hybridized carbons (Fsp3) is 0.520. The molecular formula is C25H24N2O2. The van der Waals surface area contributed by atoms with Gasteiger partial charge in [0.05, 0.1) is 11.1 Å². The Hall–Kier alpha value is -2.36. The SMILES string of the molecule is CC1(C)[C@H]2Cc3nc4c(cc3[C@@H]1C2)C(=O)c1cc2c(nc1-4)C(=O)[C@H]1C[C@@H]2C1(C)C. The summed E-state index contributed by atoms with van der Waals surface area (Å²) in [6, 6.07) is 4.08. The molecule has 7 aliphatic carbocycles. The number of pyridine rings is 2. The van der Waals surface area contributed by atoms with Crippen molar-refractivity contribution in [2.45, 2.75) is 58.8 Å². The quantitative estimate of drug-likeness (QED) is 0.564. The van der Waals surface area contributed by atoms with Crippen molar-refractivity contribution in [3.8, 4) is 11.4 Å². The van der Waals surface area contributed by atoms with Gasteiger partial charge in [-0.05, 0) is 71.1 Å². The smallest absolute Gasteiger partial charge is 0.197 e. The number of fused-ring (bicyclic) bond motifs is 3. The monoisotopic (exact) mass is 384 g/mol. The van der Waals surface area contributed by atoms with E-state index in [1.54, 1.807) is 0 Å². The number of ketones is 2. The van der Waals surface area contributed by atoms with Crippen LogP contribution >= 0.6 is 0 Å². The normalized spacial score (nSPS) is 33.1. The minimum Gasteiger partial charge on any atom is -0.292 e. The predicted octanol–water partition coefficient (Wildman–Crippen LogP) is 4.70. The molecule has 0 spiro atoms. The van der Waals surface area contributed by atoms with Crippen LogP contribution in [-0.2, 0) is 6.42 Å². The van der Waals surface area contributed by atoms with Gasteiger partial charge in [0.1, 0.15) is 17.1 Å². The van der Waals surface area contributed by atoms with Crippen molar-refractivity contribution in [2.24, 2.45) is 22.7 Å². The number of aromatic nitrogens is 2. The predicted molar refractivity (Wildman–Crippen MR) is 108 cm³/mol. The van der Waals surface area contributed by atoms with Crippen LogP contribution in [0.5, 0.6) is 0 Å². The molecule has 29 heavy (non-hydrogen) atoms. The summed E-state index contributed by atoms with van der Waals surface area (Å²) >= 11 is 0. The van der Waals surface area contributed by atoms with Crippen LogP contribution in [-0.4, -0.2) is 21.5 Å². The van der Waals surface area contributed by atoms with E-state index in [1.807, 2.05) is 6.07 Å². The minimum atomic E-state index is -0.0294. The zero-order valence-corrected chi connectivity index (χ0v) is 17.3. The van der Waals surface area contributed by atoms with Crippen LogP contribution in [0.1, 0.15) is 95.6 Å². The molecule has 0 unspecified atom stereocenters. The van der Waals surface area contributed by atoms with Crippen molar-refractivity contribution < 1.29 is 9.59 Å². The standard InChI is InChI=1S/C25H24N2O2/c1-24(2)10-5-15(24)11-7-13-19(26-18(11)6-10)20-14(22(13)28)8-12-16-9-17(25(16,3)4)23(29)21(12)27-20/h7-8,10,15-17H,5-6,9H2,1-4H3/t10-,15+,16+,17-/m1/s1. The molecule has 2 fully saturated rings. The van der Waals surface area contributed by atoms with Crippen molar-refractivity contribution in [2.75, 3.05) is 0 Å². The Morgan fingerprint density at radius 1 is 0.793 bits per heavy atom.